The van der Waals surface area contributed by atoms with E-state index in [1.807, 2.05) is 24.3 Å². The van der Waals surface area contributed by atoms with Crippen LogP contribution in [0.15, 0.2) is 61.1 Å². The van der Waals surface area contributed by atoms with Gasteiger partial charge in [-0.1, -0.05) is 29.5 Å². The lowest BCUT2D eigenvalue weighted by Gasteiger charge is -2.18. The van der Waals surface area contributed by atoms with Gasteiger partial charge in [-0.15, -0.1) is 0 Å². The molecule has 4 rings (SSSR count). The standard InChI is InChI=1S/C27H25ClN6O3/c1-27(2,37-26(35)30-3)10-9-17-12-23-20(14-22(17)29)25(33-16-32-23)34-18-7-8-24(21(28)13-18)36-15-19-6-4-5-11-31-19/h4-8,11-14,16H,15,29H2,1-3H3,(H,30,35)(H,32,33,34). The number of halogens is 1. The molecule has 0 radical (unpaired) electrons. The highest BCUT2D eigenvalue weighted by molar-refractivity contribution is 6.32. The van der Waals surface area contributed by atoms with Crippen molar-refractivity contribution in [3.63, 3.8) is 0 Å². The van der Waals surface area contributed by atoms with Crippen molar-refractivity contribution in [1.82, 2.24) is 20.3 Å². The number of amides is 1. The number of pyridine rings is 1. The summed E-state index contributed by atoms with van der Waals surface area (Å²) in [6.45, 7) is 3.69. The van der Waals surface area contributed by atoms with E-state index in [4.69, 9.17) is 26.8 Å². The van der Waals surface area contributed by atoms with Gasteiger partial charge in [0.15, 0.2) is 5.60 Å². The number of nitrogen functional groups attached to an aromatic ring is 1. The molecule has 37 heavy (non-hydrogen) atoms. The molecule has 0 spiro atoms. The number of hydrogen-bond acceptors (Lipinski definition) is 8. The van der Waals surface area contributed by atoms with Crippen LogP contribution < -0.4 is 21.1 Å². The number of carbonyl (C=O) groups excluding carboxylic acids is 1. The molecule has 188 valence electrons. The number of nitrogens with zero attached hydrogens (tertiary/aromatic N) is 3. The van der Waals surface area contributed by atoms with Crippen LogP contribution in [0.3, 0.4) is 0 Å². The van der Waals surface area contributed by atoms with E-state index < -0.39 is 11.7 Å². The Labute approximate surface area is 219 Å². The largest absolute Gasteiger partial charge is 0.486 e. The van der Waals surface area contributed by atoms with Gasteiger partial charge in [0.25, 0.3) is 0 Å². The van der Waals surface area contributed by atoms with E-state index in [2.05, 4.69) is 37.4 Å². The first-order valence-corrected chi connectivity index (χ1v) is 11.7. The fraction of sp³-hybridized carbons (Fsp3) is 0.185. The Morgan fingerprint density at radius 2 is 1.97 bits per heavy atom. The van der Waals surface area contributed by atoms with E-state index in [9.17, 15) is 4.79 Å². The third-order valence-electron chi connectivity index (χ3n) is 5.15. The molecule has 0 bridgehead atoms. The van der Waals surface area contributed by atoms with Gasteiger partial charge in [0.05, 0.1) is 16.2 Å². The van der Waals surface area contributed by atoms with Gasteiger partial charge in [0.1, 0.15) is 24.5 Å². The van der Waals surface area contributed by atoms with Crippen molar-refractivity contribution in [3.8, 4) is 17.6 Å². The molecule has 10 heteroatoms. The molecule has 2 heterocycles. The smallest absolute Gasteiger partial charge is 0.408 e. The van der Waals surface area contributed by atoms with Crippen LogP contribution in [0.2, 0.25) is 5.02 Å². The van der Waals surface area contributed by atoms with E-state index >= 15 is 0 Å². The number of hydrogen-bond donors (Lipinski definition) is 3. The van der Waals surface area contributed by atoms with Crippen LogP contribution in [0, 0.1) is 11.8 Å². The van der Waals surface area contributed by atoms with Crippen molar-refractivity contribution < 1.29 is 14.3 Å². The van der Waals surface area contributed by atoms with Gasteiger partial charge in [-0.05, 0) is 56.3 Å². The molecule has 0 aliphatic heterocycles. The monoisotopic (exact) mass is 516 g/mol. The Morgan fingerprint density at radius 3 is 2.70 bits per heavy atom. The van der Waals surface area contributed by atoms with Gasteiger partial charge in [-0.3, -0.25) is 4.98 Å². The van der Waals surface area contributed by atoms with Crippen LogP contribution in [0.5, 0.6) is 5.75 Å². The highest BCUT2D eigenvalue weighted by atomic mass is 35.5. The third kappa shape index (κ3) is 6.57. The minimum Gasteiger partial charge on any atom is -0.486 e. The van der Waals surface area contributed by atoms with E-state index in [1.165, 1.54) is 13.4 Å². The summed E-state index contributed by atoms with van der Waals surface area (Å²) in [5.74, 6) is 7.01. The average Bonchev–Trinajstić information content (AvgIpc) is 2.88. The third-order valence-corrected chi connectivity index (χ3v) is 5.45. The number of anilines is 3. The molecule has 0 atom stereocenters. The van der Waals surface area contributed by atoms with E-state index in [1.54, 1.807) is 44.3 Å². The van der Waals surface area contributed by atoms with Crippen molar-refractivity contribution >= 4 is 45.8 Å². The van der Waals surface area contributed by atoms with E-state index in [0.29, 0.717) is 51.0 Å². The van der Waals surface area contributed by atoms with Crippen LogP contribution in [-0.2, 0) is 11.3 Å². The van der Waals surface area contributed by atoms with Crippen molar-refractivity contribution in [2.75, 3.05) is 18.1 Å². The predicted octanol–water partition coefficient (Wildman–Crippen LogP) is 5.07. The second-order valence-corrected chi connectivity index (χ2v) is 8.87. The maximum atomic E-state index is 11.5. The topological polar surface area (TPSA) is 124 Å². The van der Waals surface area contributed by atoms with Crippen LogP contribution in [0.25, 0.3) is 10.9 Å². The molecule has 2 aromatic carbocycles. The molecular weight excluding hydrogens is 492 g/mol. The van der Waals surface area contributed by atoms with E-state index in [-0.39, 0.29) is 0 Å². The van der Waals surface area contributed by atoms with Gasteiger partial charge < -0.3 is 25.8 Å². The Kier molecular flexibility index (Phi) is 7.60. The van der Waals surface area contributed by atoms with Crippen LogP contribution >= 0.6 is 11.6 Å². The zero-order valence-corrected chi connectivity index (χ0v) is 21.3. The molecule has 0 saturated carbocycles. The summed E-state index contributed by atoms with van der Waals surface area (Å²) in [6.07, 6.45) is 2.59. The predicted molar refractivity (Wildman–Crippen MR) is 144 cm³/mol. The molecule has 2 aromatic heterocycles. The normalized spacial score (nSPS) is 10.8. The minimum atomic E-state index is -1.01. The second-order valence-electron chi connectivity index (χ2n) is 8.46. The summed E-state index contributed by atoms with van der Waals surface area (Å²) in [4.78, 5) is 24.5. The van der Waals surface area contributed by atoms with Gasteiger partial charge in [0.2, 0.25) is 0 Å². The summed E-state index contributed by atoms with van der Waals surface area (Å²) in [7, 11) is 1.48. The molecule has 0 aliphatic carbocycles. The zero-order valence-electron chi connectivity index (χ0n) is 20.5. The number of benzene rings is 2. The highest BCUT2D eigenvalue weighted by Crippen LogP contribution is 2.32. The summed E-state index contributed by atoms with van der Waals surface area (Å²) >= 11 is 6.45. The molecule has 4 N–H and O–H groups in total. The Balaban J connectivity index is 1.54. The van der Waals surface area contributed by atoms with Crippen molar-refractivity contribution in [2.24, 2.45) is 0 Å². The number of fused-ring (bicyclic) bond motifs is 1. The maximum absolute atomic E-state index is 11.5. The molecule has 0 unspecified atom stereocenters. The molecular formula is C27H25ClN6O3. The van der Waals surface area contributed by atoms with Crippen LogP contribution in [-0.4, -0.2) is 33.7 Å². The zero-order chi connectivity index (χ0) is 26.4. The summed E-state index contributed by atoms with van der Waals surface area (Å²) in [5, 5.41) is 6.81. The number of nitrogens with one attached hydrogen (secondary N) is 2. The Bertz CT molecular complexity index is 1500. The lowest BCUT2D eigenvalue weighted by molar-refractivity contribution is 0.0799. The number of nitrogens with two attached hydrogens (primary N) is 1. The summed E-state index contributed by atoms with van der Waals surface area (Å²) in [6, 6.07) is 14.5. The van der Waals surface area contributed by atoms with Gasteiger partial charge >= 0.3 is 6.09 Å². The van der Waals surface area contributed by atoms with Crippen molar-refractivity contribution in [1.29, 1.82) is 0 Å². The number of rotatable bonds is 6. The minimum absolute atomic E-state index is 0.309. The first-order chi connectivity index (χ1) is 17.7. The molecule has 4 aromatic rings. The maximum Gasteiger partial charge on any atom is 0.408 e. The van der Waals surface area contributed by atoms with Crippen molar-refractivity contribution in [3.05, 3.63) is 77.3 Å². The van der Waals surface area contributed by atoms with Crippen LogP contribution in [0.4, 0.5) is 22.0 Å². The lowest BCUT2D eigenvalue weighted by atomic mass is 10.1. The number of alkyl carbamates (subject to hydrolysis) is 1. The highest BCUT2D eigenvalue weighted by Gasteiger charge is 2.19. The van der Waals surface area contributed by atoms with Gasteiger partial charge in [-0.2, -0.15) is 0 Å². The fourth-order valence-corrected chi connectivity index (χ4v) is 3.56. The van der Waals surface area contributed by atoms with Crippen LogP contribution in [0.1, 0.15) is 25.1 Å². The Hall–Kier alpha value is -4.55. The molecule has 0 aliphatic rings. The molecule has 0 fully saturated rings. The average molecular weight is 517 g/mol. The summed E-state index contributed by atoms with van der Waals surface area (Å²) in [5.41, 5.74) is 8.43. The second kappa shape index (κ2) is 11.0. The number of carbonyl (C=O) groups is 1. The number of aromatic nitrogens is 3. The molecule has 9 nitrogen and oxygen atoms in total. The first-order valence-electron chi connectivity index (χ1n) is 11.3. The lowest BCUT2D eigenvalue weighted by Crippen LogP contribution is -2.31. The van der Waals surface area contributed by atoms with Crippen molar-refractivity contribution in [2.45, 2.75) is 26.1 Å². The van der Waals surface area contributed by atoms with E-state index in [0.717, 1.165) is 5.69 Å². The Morgan fingerprint density at radius 1 is 1.14 bits per heavy atom. The molecule has 1 amide bonds. The fourth-order valence-electron chi connectivity index (χ4n) is 3.32. The number of ether oxygens (including phenoxy) is 2. The van der Waals surface area contributed by atoms with Gasteiger partial charge in [-0.25, -0.2) is 14.8 Å². The quantitative estimate of drug-likeness (QED) is 0.240. The SMILES string of the molecule is CNC(=O)OC(C)(C)C#Cc1cc2ncnc(Nc3ccc(OCc4ccccn4)c(Cl)c3)c2cc1N. The van der Waals surface area contributed by atoms with Gasteiger partial charge in [0, 0.05) is 35.6 Å². The summed E-state index contributed by atoms with van der Waals surface area (Å²) < 4.78 is 11.0. The first kappa shape index (κ1) is 25.5. The molecule has 0 saturated heterocycles.